The number of aromatic nitrogens is 2. The predicted molar refractivity (Wildman–Crippen MR) is 94.8 cm³/mol. The molecule has 5 nitrogen and oxygen atoms in total. The molecule has 0 spiro atoms. The number of thioether (sulfide) groups is 1. The van der Waals surface area contributed by atoms with Gasteiger partial charge in [0.1, 0.15) is 5.82 Å². The highest BCUT2D eigenvalue weighted by molar-refractivity contribution is 8.00. The van der Waals surface area contributed by atoms with Crippen molar-refractivity contribution in [1.29, 1.82) is 0 Å². The Labute approximate surface area is 145 Å². The smallest absolute Gasteiger partial charge is 0.258 e. The number of pyridine rings is 1. The fourth-order valence-electron chi connectivity index (χ4n) is 2.94. The van der Waals surface area contributed by atoms with Crippen molar-refractivity contribution in [2.75, 3.05) is 18.5 Å². The lowest BCUT2D eigenvalue weighted by atomic mass is 10.2. The van der Waals surface area contributed by atoms with E-state index in [1.54, 1.807) is 18.0 Å². The maximum absolute atomic E-state index is 12.7. The van der Waals surface area contributed by atoms with Gasteiger partial charge in [0, 0.05) is 29.5 Å². The highest BCUT2D eigenvalue weighted by Gasteiger charge is 2.29. The Hall–Kier alpha value is -1.79. The van der Waals surface area contributed by atoms with Crippen LogP contribution in [0.1, 0.15) is 40.5 Å². The molecule has 126 valence electrons. The van der Waals surface area contributed by atoms with Gasteiger partial charge in [-0.2, -0.15) is 0 Å². The Morgan fingerprint density at radius 2 is 2.17 bits per heavy atom. The van der Waals surface area contributed by atoms with E-state index in [9.17, 15) is 4.79 Å². The number of hydrogen-bond donors (Lipinski definition) is 1. The minimum atomic E-state index is -0.0865. The molecular formula is C18H21N3O2S. The summed E-state index contributed by atoms with van der Waals surface area (Å²) in [5.41, 5.74) is 3.01. The molecule has 0 radical (unpaired) electrons. The summed E-state index contributed by atoms with van der Waals surface area (Å²) in [6.45, 7) is 3.58. The molecule has 1 aliphatic heterocycles. The fourth-order valence-corrected chi connectivity index (χ4v) is 3.97. The highest BCUT2D eigenvalue weighted by Crippen LogP contribution is 2.41. The standard InChI is InChI=1S/C18H21N3O2S/c1-11-15(8-16(21(11)2)12-3-4-12)18(22)20-17-7-13(5-6-19-17)24-14-9-23-10-14/h5-8,12,14H,3-4,9-10H2,1-2H3,(H,19,20,22). The van der Waals surface area contributed by atoms with E-state index >= 15 is 0 Å². The second kappa shape index (κ2) is 6.26. The second-order valence-corrected chi connectivity index (χ2v) is 7.88. The molecule has 1 saturated carbocycles. The zero-order chi connectivity index (χ0) is 16.7. The molecule has 1 amide bonds. The van der Waals surface area contributed by atoms with E-state index in [1.807, 2.05) is 32.2 Å². The van der Waals surface area contributed by atoms with E-state index in [0.717, 1.165) is 29.4 Å². The molecule has 0 bridgehead atoms. The van der Waals surface area contributed by atoms with Gasteiger partial charge in [0.05, 0.1) is 24.0 Å². The zero-order valence-corrected chi connectivity index (χ0v) is 14.7. The van der Waals surface area contributed by atoms with E-state index < -0.39 is 0 Å². The van der Waals surface area contributed by atoms with Crippen LogP contribution in [0.25, 0.3) is 0 Å². The van der Waals surface area contributed by atoms with Gasteiger partial charge in [0.25, 0.3) is 5.91 Å². The van der Waals surface area contributed by atoms with Gasteiger partial charge in [0.15, 0.2) is 0 Å². The van der Waals surface area contributed by atoms with Crippen LogP contribution in [0.3, 0.4) is 0 Å². The van der Waals surface area contributed by atoms with Crippen molar-refractivity contribution in [3.05, 3.63) is 41.3 Å². The molecule has 0 aromatic carbocycles. The number of carbonyl (C=O) groups excluding carboxylic acids is 1. The van der Waals surface area contributed by atoms with Crippen molar-refractivity contribution in [2.45, 2.75) is 35.8 Å². The van der Waals surface area contributed by atoms with Crippen LogP contribution in [0.5, 0.6) is 0 Å². The van der Waals surface area contributed by atoms with Crippen molar-refractivity contribution >= 4 is 23.5 Å². The van der Waals surface area contributed by atoms with Crippen LogP contribution in [0.2, 0.25) is 0 Å². The first kappa shape index (κ1) is 15.7. The number of rotatable bonds is 5. The van der Waals surface area contributed by atoms with Gasteiger partial charge in [-0.3, -0.25) is 4.79 Å². The number of carbonyl (C=O) groups is 1. The molecule has 1 N–H and O–H groups in total. The first-order valence-electron chi connectivity index (χ1n) is 8.30. The zero-order valence-electron chi connectivity index (χ0n) is 13.9. The molecule has 2 aromatic heterocycles. The molecule has 0 unspecified atom stereocenters. The SMILES string of the molecule is Cc1c(C(=O)Nc2cc(SC3COC3)ccn2)cc(C2CC2)n1C. The Kier molecular flexibility index (Phi) is 4.10. The highest BCUT2D eigenvalue weighted by atomic mass is 32.2. The first-order chi connectivity index (χ1) is 11.6. The Morgan fingerprint density at radius 3 is 2.83 bits per heavy atom. The summed E-state index contributed by atoms with van der Waals surface area (Å²) in [5.74, 6) is 1.14. The molecule has 4 rings (SSSR count). The number of hydrogen-bond acceptors (Lipinski definition) is 4. The molecule has 2 aromatic rings. The van der Waals surface area contributed by atoms with Gasteiger partial charge >= 0.3 is 0 Å². The van der Waals surface area contributed by atoms with Crippen LogP contribution >= 0.6 is 11.8 Å². The molecular weight excluding hydrogens is 322 g/mol. The van der Waals surface area contributed by atoms with Gasteiger partial charge in [-0.15, -0.1) is 11.8 Å². The molecule has 24 heavy (non-hydrogen) atoms. The predicted octanol–water partition coefficient (Wildman–Crippen LogP) is 3.35. The third-order valence-electron chi connectivity index (χ3n) is 4.70. The minimum Gasteiger partial charge on any atom is -0.379 e. The Balaban J connectivity index is 1.49. The summed E-state index contributed by atoms with van der Waals surface area (Å²) in [5, 5.41) is 3.45. The van der Waals surface area contributed by atoms with Crippen molar-refractivity contribution in [1.82, 2.24) is 9.55 Å². The normalized spacial score (nSPS) is 17.6. The summed E-state index contributed by atoms with van der Waals surface area (Å²) in [4.78, 5) is 18.0. The van der Waals surface area contributed by atoms with E-state index in [-0.39, 0.29) is 5.91 Å². The fraction of sp³-hybridized carbons (Fsp3) is 0.444. The first-order valence-corrected chi connectivity index (χ1v) is 9.18. The number of amides is 1. The Morgan fingerprint density at radius 1 is 1.38 bits per heavy atom. The summed E-state index contributed by atoms with van der Waals surface area (Å²) >= 11 is 1.77. The number of nitrogens with one attached hydrogen (secondary N) is 1. The van der Waals surface area contributed by atoms with E-state index in [1.165, 1.54) is 18.5 Å². The van der Waals surface area contributed by atoms with Crippen LogP contribution in [-0.4, -0.2) is 33.9 Å². The van der Waals surface area contributed by atoms with Crippen molar-refractivity contribution in [3.8, 4) is 0 Å². The lowest BCUT2D eigenvalue weighted by Crippen LogP contribution is -2.30. The van der Waals surface area contributed by atoms with Crippen LogP contribution in [-0.2, 0) is 11.8 Å². The van der Waals surface area contributed by atoms with Gasteiger partial charge in [-0.1, -0.05) is 0 Å². The average Bonchev–Trinajstić information content (AvgIpc) is 3.31. The lowest BCUT2D eigenvalue weighted by Gasteiger charge is -2.25. The average molecular weight is 343 g/mol. The molecule has 0 atom stereocenters. The lowest BCUT2D eigenvalue weighted by molar-refractivity contribution is 0.0455. The molecule has 6 heteroatoms. The van der Waals surface area contributed by atoms with E-state index in [2.05, 4.69) is 14.9 Å². The summed E-state index contributed by atoms with van der Waals surface area (Å²) in [6, 6.07) is 5.94. The maximum Gasteiger partial charge on any atom is 0.258 e. The Bertz CT molecular complexity index is 779. The van der Waals surface area contributed by atoms with Crippen LogP contribution in [0.4, 0.5) is 5.82 Å². The van der Waals surface area contributed by atoms with Crippen LogP contribution < -0.4 is 5.32 Å². The van der Waals surface area contributed by atoms with Crippen molar-refractivity contribution in [3.63, 3.8) is 0 Å². The third kappa shape index (κ3) is 3.08. The second-order valence-electron chi connectivity index (χ2n) is 6.51. The quantitative estimate of drug-likeness (QED) is 0.904. The third-order valence-corrected chi connectivity index (χ3v) is 5.83. The topological polar surface area (TPSA) is 56.1 Å². The summed E-state index contributed by atoms with van der Waals surface area (Å²) in [6.07, 6.45) is 4.19. The largest absolute Gasteiger partial charge is 0.379 e. The molecule has 1 aliphatic carbocycles. The van der Waals surface area contributed by atoms with Gasteiger partial charge in [0.2, 0.25) is 0 Å². The van der Waals surface area contributed by atoms with Crippen molar-refractivity contribution in [2.24, 2.45) is 7.05 Å². The number of ether oxygens (including phenoxy) is 1. The molecule has 1 saturated heterocycles. The van der Waals surface area contributed by atoms with Gasteiger partial charge in [-0.05, 0) is 43.9 Å². The van der Waals surface area contributed by atoms with E-state index in [4.69, 9.17) is 4.74 Å². The van der Waals surface area contributed by atoms with Gasteiger partial charge < -0.3 is 14.6 Å². The summed E-state index contributed by atoms with van der Waals surface area (Å²) in [7, 11) is 2.04. The molecule has 3 heterocycles. The summed E-state index contributed by atoms with van der Waals surface area (Å²) < 4.78 is 7.34. The van der Waals surface area contributed by atoms with E-state index in [0.29, 0.717) is 17.0 Å². The maximum atomic E-state index is 12.7. The molecule has 2 fully saturated rings. The van der Waals surface area contributed by atoms with Gasteiger partial charge in [-0.25, -0.2) is 4.98 Å². The van der Waals surface area contributed by atoms with Crippen LogP contribution in [0.15, 0.2) is 29.3 Å². The van der Waals surface area contributed by atoms with Crippen LogP contribution in [0, 0.1) is 6.92 Å². The monoisotopic (exact) mass is 343 g/mol. The number of nitrogens with zero attached hydrogens (tertiary/aromatic N) is 2. The van der Waals surface area contributed by atoms with Crippen molar-refractivity contribution < 1.29 is 9.53 Å². The molecule has 2 aliphatic rings. The number of anilines is 1. The minimum absolute atomic E-state index is 0.0865.